The van der Waals surface area contributed by atoms with Crippen molar-refractivity contribution < 1.29 is 28.1 Å². The number of nitrogens with zero attached hydrogens (tertiary/aromatic N) is 2. The highest BCUT2D eigenvalue weighted by Crippen LogP contribution is 2.37. The van der Waals surface area contributed by atoms with Crippen molar-refractivity contribution in [2.75, 3.05) is 18.9 Å². The third-order valence-electron chi connectivity index (χ3n) is 6.11. The number of ether oxygens (including phenoxy) is 3. The van der Waals surface area contributed by atoms with Crippen LogP contribution in [-0.4, -0.2) is 46.6 Å². The molecule has 3 N–H and O–H groups in total. The van der Waals surface area contributed by atoms with Gasteiger partial charge in [0.1, 0.15) is 29.9 Å². The van der Waals surface area contributed by atoms with Crippen molar-refractivity contribution in [1.29, 1.82) is 0 Å². The third-order valence-corrected chi connectivity index (χ3v) is 6.11. The smallest absolute Gasteiger partial charge is 0.166 e. The molecule has 4 heterocycles. The number of aliphatic hydroxyl groups excluding tert-OH is 1. The number of aliphatic hydroxyl groups is 1. The quantitative estimate of drug-likeness (QED) is 0.608. The van der Waals surface area contributed by atoms with Gasteiger partial charge in [0.05, 0.1) is 25.2 Å². The van der Waals surface area contributed by atoms with Crippen LogP contribution in [0.1, 0.15) is 30.2 Å². The molecule has 3 unspecified atom stereocenters. The summed E-state index contributed by atoms with van der Waals surface area (Å²) in [5, 5.41) is 9.93. The topological polar surface area (TPSA) is 99.7 Å². The summed E-state index contributed by atoms with van der Waals surface area (Å²) in [6.07, 6.45) is 1.39. The molecule has 9 heteroatoms. The normalized spacial score (nSPS) is 25.1. The van der Waals surface area contributed by atoms with Gasteiger partial charge in [0, 0.05) is 34.8 Å². The summed E-state index contributed by atoms with van der Waals surface area (Å²) in [7, 11) is 0. The standard InChI is InChI=1S/C24H23F2N3O4/c1-12(16-7-15(25)3-4-18(16)26)33-21-6-14(9-29-24(21)27)13-2-5-19(28-8-13)17-10-31-23-20(30)11-32-22(17)23/h2-9,12,17,20,22-23,30H,10-11H2,1H3,(H2,27,29)/t12?,17?,20-,22?,23-/m1/s1. The Labute approximate surface area is 189 Å². The van der Waals surface area contributed by atoms with E-state index in [9.17, 15) is 13.9 Å². The summed E-state index contributed by atoms with van der Waals surface area (Å²) in [6, 6.07) is 8.69. The lowest BCUT2D eigenvalue weighted by atomic mass is 9.96. The summed E-state index contributed by atoms with van der Waals surface area (Å²) in [4.78, 5) is 8.75. The molecule has 2 aliphatic heterocycles. The van der Waals surface area contributed by atoms with E-state index in [1.54, 1.807) is 25.4 Å². The van der Waals surface area contributed by atoms with Gasteiger partial charge in [-0.2, -0.15) is 0 Å². The Bertz CT molecular complexity index is 1160. The molecule has 2 saturated heterocycles. The molecule has 7 nitrogen and oxygen atoms in total. The van der Waals surface area contributed by atoms with Gasteiger partial charge in [-0.15, -0.1) is 0 Å². The lowest BCUT2D eigenvalue weighted by Gasteiger charge is -2.18. The van der Waals surface area contributed by atoms with E-state index in [0.29, 0.717) is 12.2 Å². The Hall–Kier alpha value is -3.14. The van der Waals surface area contributed by atoms with Gasteiger partial charge in [0.15, 0.2) is 11.6 Å². The molecule has 0 radical (unpaired) electrons. The first-order chi connectivity index (χ1) is 15.9. The molecule has 0 bridgehead atoms. The number of halogens is 2. The highest BCUT2D eigenvalue weighted by atomic mass is 19.1. The first kappa shape index (κ1) is 21.7. The largest absolute Gasteiger partial charge is 0.482 e. The first-order valence-electron chi connectivity index (χ1n) is 10.7. The number of fused-ring (bicyclic) bond motifs is 1. The lowest BCUT2D eigenvalue weighted by molar-refractivity contribution is 0.0181. The minimum absolute atomic E-state index is 0.0494. The number of nitrogens with two attached hydrogens (primary N) is 1. The number of benzene rings is 1. The summed E-state index contributed by atoms with van der Waals surface area (Å²) in [6.45, 7) is 2.32. The fraction of sp³-hybridized carbons (Fsp3) is 0.333. The van der Waals surface area contributed by atoms with Gasteiger partial charge < -0.3 is 25.1 Å². The Balaban J connectivity index is 1.35. The zero-order chi connectivity index (χ0) is 23.1. The second kappa shape index (κ2) is 8.66. The molecule has 0 amide bonds. The number of anilines is 1. The van der Waals surface area contributed by atoms with Crippen LogP contribution in [0.4, 0.5) is 14.6 Å². The zero-order valence-corrected chi connectivity index (χ0v) is 17.8. The maximum absolute atomic E-state index is 14.1. The fourth-order valence-corrected chi connectivity index (χ4v) is 4.32. The highest BCUT2D eigenvalue weighted by molar-refractivity contribution is 5.66. The average molecular weight is 455 g/mol. The van der Waals surface area contributed by atoms with Crippen molar-refractivity contribution in [3.05, 3.63) is 71.7 Å². The summed E-state index contributed by atoms with van der Waals surface area (Å²) in [5.41, 5.74) is 8.35. The van der Waals surface area contributed by atoms with Crippen LogP contribution in [0.3, 0.4) is 0 Å². The van der Waals surface area contributed by atoms with Crippen molar-refractivity contribution in [2.45, 2.75) is 37.3 Å². The molecule has 172 valence electrons. The minimum Gasteiger partial charge on any atom is -0.482 e. The molecule has 2 fully saturated rings. The number of hydrogen-bond donors (Lipinski definition) is 2. The molecular weight excluding hydrogens is 432 g/mol. The highest BCUT2D eigenvalue weighted by Gasteiger charge is 2.48. The van der Waals surface area contributed by atoms with Gasteiger partial charge in [0.25, 0.3) is 0 Å². The van der Waals surface area contributed by atoms with Gasteiger partial charge in [-0.25, -0.2) is 13.8 Å². The monoisotopic (exact) mass is 455 g/mol. The van der Waals surface area contributed by atoms with E-state index in [1.807, 2.05) is 12.1 Å². The van der Waals surface area contributed by atoms with E-state index < -0.39 is 23.8 Å². The predicted molar refractivity (Wildman–Crippen MR) is 116 cm³/mol. The van der Waals surface area contributed by atoms with Crippen molar-refractivity contribution in [3.63, 3.8) is 0 Å². The fourth-order valence-electron chi connectivity index (χ4n) is 4.32. The Kier molecular flexibility index (Phi) is 5.69. The van der Waals surface area contributed by atoms with Crippen molar-refractivity contribution >= 4 is 5.82 Å². The van der Waals surface area contributed by atoms with Crippen molar-refractivity contribution in [1.82, 2.24) is 9.97 Å². The minimum atomic E-state index is -0.780. The van der Waals surface area contributed by atoms with Crippen LogP contribution < -0.4 is 10.5 Å². The van der Waals surface area contributed by atoms with Crippen molar-refractivity contribution in [2.24, 2.45) is 0 Å². The summed E-state index contributed by atoms with van der Waals surface area (Å²) in [5.74, 6) is -0.773. The molecule has 5 atom stereocenters. The predicted octanol–water partition coefficient (Wildman–Crippen LogP) is 3.39. The maximum atomic E-state index is 14.1. The van der Waals surface area contributed by atoms with Gasteiger partial charge in [-0.3, -0.25) is 4.98 Å². The van der Waals surface area contributed by atoms with Gasteiger partial charge in [-0.1, -0.05) is 6.07 Å². The van der Waals surface area contributed by atoms with Gasteiger partial charge >= 0.3 is 0 Å². The molecule has 2 aromatic heterocycles. The second-order valence-corrected chi connectivity index (χ2v) is 8.27. The van der Waals surface area contributed by atoms with Crippen LogP contribution in [-0.2, 0) is 9.47 Å². The number of hydrogen-bond acceptors (Lipinski definition) is 7. The SMILES string of the molecule is CC(Oc1cc(-c2ccc(C3CO[C@H]4C3OC[C@H]4O)nc2)cnc1N)c1cc(F)ccc1F. The first-order valence-corrected chi connectivity index (χ1v) is 10.7. The molecule has 5 rings (SSSR count). The molecule has 1 aromatic carbocycles. The van der Waals surface area contributed by atoms with Crippen LogP contribution in [0, 0.1) is 11.6 Å². The average Bonchev–Trinajstić information content (AvgIpc) is 3.40. The number of aromatic nitrogens is 2. The third kappa shape index (κ3) is 4.15. The maximum Gasteiger partial charge on any atom is 0.166 e. The lowest BCUT2D eigenvalue weighted by Crippen LogP contribution is -2.28. The van der Waals surface area contributed by atoms with E-state index in [2.05, 4.69) is 9.97 Å². The van der Waals surface area contributed by atoms with Gasteiger partial charge in [-0.05, 0) is 37.3 Å². The van der Waals surface area contributed by atoms with Crippen LogP contribution in [0.2, 0.25) is 0 Å². The number of pyridine rings is 2. The zero-order valence-electron chi connectivity index (χ0n) is 17.8. The Morgan fingerprint density at radius 1 is 1.03 bits per heavy atom. The van der Waals surface area contributed by atoms with Gasteiger partial charge in [0.2, 0.25) is 0 Å². The number of nitrogen functional groups attached to an aromatic ring is 1. The molecule has 0 aliphatic carbocycles. The molecule has 0 spiro atoms. The van der Waals surface area contributed by atoms with E-state index in [-0.39, 0.29) is 41.9 Å². The summed E-state index contributed by atoms with van der Waals surface area (Å²) >= 11 is 0. The van der Waals surface area contributed by atoms with E-state index >= 15 is 0 Å². The van der Waals surface area contributed by atoms with Crippen LogP contribution >= 0.6 is 0 Å². The molecule has 3 aromatic rings. The molecule has 2 aliphatic rings. The second-order valence-electron chi connectivity index (χ2n) is 8.27. The Morgan fingerprint density at radius 3 is 2.61 bits per heavy atom. The van der Waals surface area contributed by atoms with Crippen LogP contribution in [0.15, 0.2) is 48.8 Å². The van der Waals surface area contributed by atoms with E-state index in [4.69, 9.17) is 19.9 Å². The molecule has 0 saturated carbocycles. The van der Waals surface area contributed by atoms with E-state index in [0.717, 1.165) is 29.5 Å². The van der Waals surface area contributed by atoms with E-state index in [1.165, 1.54) is 0 Å². The van der Waals surface area contributed by atoms with Crippen LogP contribution in [0.5, 0.6) is 5.75 Å². The molecular formula is C24H23F2N3O4. The number of rotatable bonds is 5. The van der Waals surface area contributed by atoms with Crippen molar-refractivity contribution in [3.8, 4) is 16.9 Å². The Morgan fingerprint density at radius 2 is 1.82 bits per heavy atom. The molecule has 33 heavy (non-hydrogen) atoms. The van der Waals surface area contributed by atoms with Crippen LogP contribution in [0.25, 0.3) is 11.1 Å². The summed E-state index contributed by atoms with van der Waals surface area (Å²) < 4.78 is 44.8.